The highest BCUT2D eigenvalue weighted by molar-refractivity contribution is 5.95. The largest absolute Gasteiger partial charge is 0.349 e. The van der Waals surface area contributed by atoms with Crippen LogP contribution >= 0.6 is 0 Å². The van der Waals surface area contributed by atoms with E-state index in [0.29, 0.717) is 37.3 Å². The van der Waals surface area contributed by atoms with Gasteiger partial charge in [0.05, 0.1) is 30.3 Å². The number of benzene rings is 2. The fourth-order valence-electron chi connectivity index (χ4n) is 6.47. The molecule has 2 aliphatic heterocycles. The lowest BCUT2D eigenvalue weighted by Gasteiger charge is -2.50. The number of carbonyl (C=O) groups excluding carboxylic acids is 3. The zero-order valence-electron chi connectivity index (χ0n) is 23.7. The average Bonchev–Trinajstić information content (AvgIpc) is 3.25. The van der Waals surface area contributed by atoms with Crippen LogP contribution in [0.3, 0.4) is 0 Å². The van der Waals surface area contributed by atoms with E-state index in [1.165, 1.54) is 12.1 Å². The summed E-state index contributed by atoms with van der Waals surface area (Å²) in [5.74, 6) is -1.05. The van der Waals surface area contributed by atoms with E-state index in [1.807, 2.05) is 42.2 Å². The molecule has 2 aromatic carbocycles. The first-order chi connectivity index (χ1) is 19.5. The van der Waals surface area contributed by atoms with Gasteiger partial charge >= 0.3 is 0 Å². The highest BCUT2D eigenvalue weighted by Crippen LogP contribution is 2.54. The smallest absolute Gasteiger partial charge is 0.257 e. The van der Waals surface area contributed by atoms with E-state index in [9.17, 15) is 18.8 Å². The molecular formula is C32H36FN5O3. The van der Waals surface area contributed by atoms with Crippen molar-refractivity contribution in [3.05, 3.63) is 89.5 Å². The van der Waals surface area contributed by atoms with Crippen LogP contribution in [0.5, 0.6) is 0 Å². The molecule has 3 aromatic rings. The fraction of sp³-hybridized carbons (Fsp3) is 0.438. The zero-order valence-corrected chi connectivity index (χ0v) is 23.7. The maximum Gasteiger partial charge on any atom is 0.257 e. The van der Waals surface area contributed by atoms with Gasteiger partial charge in [-0.25, -0.2) is 4.39 Å². The Morgan fingerprint density at radius 3 is 2.41 bits per heavy atom. The topological polar surface area (TPSA) is 87.5 Å². The minimum Gasteiger partial charge on any atom is -0.349 e. The number of nitrogens with one attached hydrogen (secondary N) is 1. The first-order valence-electron chi connectivity index (χ1n) is 14.2. The first kappa shape index (κ1) is 27.2. The number of carbonyl (C=O) groups is 3. The van der Waals surface area contributed by atoms with Gasteiger partial charge in [0.15, 0.2) is 0 Å². The lowest BCUT2D eigenvalue weighted by molar-refractivity contribution is -0.151. The maximum absolute atomic E-state index is 13.8. The van der Waals surface area contributed by atoms with Crippen LogP contribution in [0.2, 0.25) is 0 Å². The summed E-state index contributed by atoms with van der Waals surface area (Å²) in [5.41, 5.74) is 1.73. The van der Waals surface area contributed by atoms with Crippen LogP contribution < -0.4 is 5.32 Å². The van der Waals surface area contributed by atoms with Crippen LogP contribution in [-0.2, 0) is 16.1 Å². The zero-order chi connectivity index (χ0) is 28.9. The lowest BCUT2D eigenvalue weighted by Crippen LogP contribution is -2.64. The Balaban J connectivity index is 1.18. The SMILES string of the molecule is C[C@@H](NC(=O)[C@@H]1CN(C(=O)c2cnn(Cc3ccccc3)c2)CC12CN(C(=O)[C@H]1CC1(C)C)C2)c1cccc(F)c1. The number of hydrogen-bond donors (Lipinski definition) is 1. The van der Waals surface area contributed by atoms with E-state index >= 15 is 0 Å². The molecule has 214 valence electrons. The number of likely N-dealkylation sites (tertiary alicyclic amines) is 2. The normalized spacial score (nSPS) is 22.7. The Hall–Kier alpha value is -4.01. The van der Waals surface area contributed by atoms with Crippen LogP contribution in [0.15, 0.2) is 67.0 Å². The molecule has 9 heteroatoms. The average molecular weight is 558 g/mol. The van der Waals surface area contributed by atoms with Crippen LogP contribution in [0.25, 0.3) is 0 Å². The van der Waals surface area contributed by atoms with Crippen molar-refractivity contribution in [1.82, 2.24) is 24.9 Å². The monoisotopic (exact) mass is 557 g/mol. The van der Waals surface area contributed by atoms with Crippen molar-refractivity contribution in [1.29, 1.82) is 0 Å². The molecule has 1 saturated carbocycles. The fourth-order valence-corrected chi connectivity index (χ4v) is 6.47. The van der Waals surface area contributed by atoms with E-state index in [4.69, 9.17) is 0 Å². The molecule has 3 heterocycles. The Morgan fingerprint density at radius 2 is 1.73 bits per heavy atom. The van der Waals surface area contributed by atoms with Gasteiger partial charge < -0.3 is 15.1 Å². The standard InChI is InChI=1S/C32H36FN5O3/c1-21(23-10-7-11-25(33)12-23)35-28(39)27-17-36(18-32(27)19-37(20-32)30(41)26-13-31(26,2)3)29(40)24-14-34-38(16-24)15-22-8-5-4-6-9-22/h4-12,14,16,21,26-27H,13,15,17-20H2,1-3H3,(H,35,39)/t21-,26-,27+/m1/s1. The van der Waals surface area contributed by atoms with Crippen LogP contribution in [-0.4, -0.2) is 63.5 Å². The van der Waals surface area contributed by atoms with Crippen molar-refractivity contribution in [3.63, 3.8) is 0 Å². The molecule has 41 heavy (non-hydrogen) atoms. The van der Waals surface area contributed by atoms with Gasteiger partial charge in [-0.05, 0) is 42.0 Å². The summed E-state index contributed by atoms with van der Waals surface area (Å²) >= 11 is 0. The van der Waals surface area contributed by atoms with E-state index in [0.717, 1.165) is 12.0 Å². The van der Waals surface area contributed by atoms with E-state index in [2.05, 4.69) is 24.3 Å². The second-order valence-corrected chi connectivity index (χ2v) is 12.7. The maximum atomic E-state index is 13.8. The summed E-state index contributed by atoms with van der Waals surface area (Å²) < 4.78 is 15.6. The third kappa shape index (κ3) is 5.25. The molecule has 1 aromatic heterocycles. The second-order valence-electron chi connectivity index (χ2n) is 12.7. The second kappa shape index (κ2) is 10.1. The first-order valence-corrected chi connectivity index (χ1v) is 14.2. The number of hydrogen-bond acceptors (Lipinski definition) is 4. The van der Waals surface area contributed by atoms with Crippen molar-refractivity contribution < 1.29 is 18.8 Å². The van der Waals surface area contributed by atoms with Crippen molar-refractivity contribution in [2.24, 2.45) is 22.7 Å². The number of halogens is 1. The summed E-state index contributed by atoms with van der Waals surface area (Å²) in [6.07, 6.45) is 4.19. The van der Waals surface area contributed by atoms with Crippen molar-refractivity contribution in [2.75, 3.05) is 26.2 Å². The van der Waals surface area contributed by atoms with Crippen molar-refractivity contribution >= 4 is 17.7 Å². The van der Waals surface area contributed by atoms with Gasteiger partial charge in [0.1, 0.15) is 5.82 Å². The minimum absolute atomic E-state index is 0.0224. The summed E-state index contributed by atoms with van der Waals surface area (Å²) in [7, 11) is 0. The quantitative estimate of drug-likeness (QED) is 0.478. The summed E-state index contributed by atoms with van der Waals surface area (Å²) in [4.78, 5) is 44.0. The molecule has 0 radical (unpaired) electrons. The molecule has 1 spiro atoms. The van der Waals surface area contributed by atoms with Gasteiger partial charge in [-0.2, -0.15) is 5.10 Å². The van der Waals surface area contributed by atoms with Gasteiger partial charge in [-0.1, -0.05) is 56.3 Å². The minimum atomic E-state index is -0.518. The third-order valence-electron chi connectivity index (χ3n) is 9.16. The van der Waals surface area contributed by atoms with Gasteiger partial charge in [0, 0.05) is 43.7 Å². The molecule has 3 fully saturated rings. The van der Waals surface area contributed by atoms with Crippen molar-refractivity contribution in [3.8, 4) is 0 Å². The molecule has 3 aliphatic rings. The van der Waals surface area contributed by atoms with E-state index in [-0.39, 0.29) is 41.4 Å². The van der Waals surface area contributed by atoms with Crippen molar-refractivity contribution in [2.45, 2.75) is 39.8 Å². The molecule has 1 N–H and O–H groups in total. The summed E-state index contributed by atoms with van der Waals surface area (Å²) in [6.45, 7) is 8.11. The van der Waals surface area contributed by atoms with Gasteiger partial charge in [0.2, 0.25) is 11.8 Å². The molecule has 3 amide bonds. The van der Waals surface area contributed by atoms with Crippen LogP contribution in [0, 0.1) is 28.5 Å². The molecule has 6 rings (SSSR count). The van der Waals surface area contributed by atoms with E-state index in [1.54, 1.807) is 34.1 Å². The van der Waals surface area contributed by atoms with Gasteiger partial charge in [-0.3, -0.25) is 19.1 Å². The molecule has 1 aliphatic carbocycles. The van der Waals surface area contributed by atoms with Gasteiger partial charge in [0.25, 0.3) is 5.91 Å². The Morgan fingerprint density at radius 1 is 1.02 bits per heavy atom. The lowest BCUT2D eigenvalue weighted by atomic mass is 9.70. The Kier molecular flexibility index (Phi) is 6.71. The highest BCUT2D eigenvalue weighted by atomic mass is 19.1. The van der Waals surface area contributed by atoms with Crippen LogP contribution in [0.1, 0.15) is 54.7 Å². The molecule has 3 atom stereocenters. The number of nitrogens with zero attached hydrogens (tertiary/aromatic N) is 4. The Labute approximate surface area is 239 Å². The van der Waals surface area contributed by atoms with E-state index < -0.39 is 17.4 Å². The predicted octanol–water partition coefficient (Wildman–Crippen LogP) is 3.89. The van der Waals surface area contributed by atoms with Crippen LogP contribution in [0.4, 0.5) is 4.39 Å². The van der Waals surface area contributed by atoms with Gasteiger partial charge in [-0.15, -0.1) is 0 Å². The number of rotatable bonds is 7. The highest BCUT2D eigenvalue weighted by Gasteiger charge is 2.61. The molecule has 0 bridgehead atoms. The molecule has 0 unspecified atom stereocenters. The Bertz CT molecular complexity index is 1480. The third-order valence-corrected chi connectivity index (χ3v) is 9.16. The molecule has 8 nitrogen and oxygen atoms in total. The number of amides is 3. The molecular weight excluding hydrogens is 521 g/mol. The summed E-state index contributed by atoms with van der Waals surface area (Å²) in [6, 6.07) is 15.7. The molecule has 2 saturated heterocycles. The summed E-state index contributed by atoms with van der Waals surface area (Å²) in [5, 5.41) is 7.44. The number of aromatic nitrogens is 2. The predicted molar refractivity (Wildman–Crippen MR) is 151 cm³/mol.